The van der Waals surface area contributed by atoms with Crippen LogP contribution < -0.4 is 14.8 Å². The number of benzene rings is 2. The molecule has 2 N–H and O–H groups in total. The molecule has 0 unspecified atom stereocenters. The molecule has 0 bridgehead atoms. The quantitative estimate of drug-likeness (QED) is 0.613. The van der Waals surface area contributed by atoms with E-state index in [2.05, 4.69) is 10.2 Å². The highest BCUT2D eigenvalue weighted by Gasteiger charge is 2.16. The van der Waals surface area contributed by atoms with Gasteiger partial charge in [-0.15, -0.1) is 0 Å². The van der Waals surface area contributed by atoms with E-state index < -0.39 is 17.7 Å². The Morgan fingerprint density at radius 1 is 1.10 bits per heavy atom. The lowest BCUT2D eigenvalue weighted by Gasteiger charge is -2.28. The first kappa shape index (κ1) is 22.4. The van der Waals surface area contributed by atoms with Gasteiger partial charge in [0, 0.05) is 44.4 Å². The maximum absolute atomic E-state index is 13.7. The number of nitrogens with zero attached hydrogens (tertiary/aromatic N) is 1. The lowest BCUT2D eigenvalue weighted by atomic mass is 10.1. The summed E-state index contributed by atoms with van der Waals surface area (Å²) in [5.41, 5.74) is 1.33. The molecule has 0 aliphatic carbocycles. The topological polar surface area (TPSA) is 63.2 Å². The third kappa shape index (κ3) is 6.63. The summed E-state index contributed by atoms with van der Waals surface area (Å²) in [4.78, 5) is 2.15. The number of aliphatic hydroxyl groups is 1. The molecule has 3 rings (SSSR count). The number of methoxy groups -OCH3 is 1. The molecule has 0 amide bonds. The van der Waals surface area contributed by atoms with E-state index >= 15 is 0 Å². The fraction of sp³-hybridized carbons (Fsp3) is 0.455. The van der Waals surface area contributed by atoms with E-state index in [0.29, 0.717) is 43.4 Å². The highest BCUT2D eigenvalue weighted by molar-refractivity contribution is 5.43. The van der Waals surface area contributed by atoms with E-state index in [1.807, 2.05) is 12.1 Å². The molecule has 6 nitrogen and oxygen atoms in total. The number of rotatable bonds is 10. The van der Waals surface area contributed by atoms with Gasteiger partial charge < -0.3 is 24.6 Å². The van der Waals surface area contributed by atoms with Crippen LogP contribution >= 0.6 is 0 Å². The first-order chi connectivity index (χ1) is 14.5. The van der Waals surface area contributed by atoms with Gasteiger partial charge in [0.05, 0.1) is 20.3 Å². The lowest BCUT2D eigenvalue weighted by molar-refractivity contribution is 0.00445. The molecule has 1 atom stereocenters. The summed E-state index contributed by atoms with van der Waals surface area (Å²) in [7, 11) is 1.55. The predicted molar refractivity (Wildman–Crippen MR) is 109 cm³/mol. The number of nitrogens with one attached hydrogen (secondary N) is 1. The second-order valence-electron chi connectivity index (χ2n) is 7.20. The maximum Gasteiger partial charge on any atom is 0.161 e. The van der Waals surface area contributed by atoms with Crippen LogP contribution in [-0.2, 0) is 17.8 Å². The first-order valence-electron chi connectivity index (χ1n) is 9.97. The van der Waals surface area contributed by atoms with Gasteiger partial charge in [-0.3, -0.25) is 4.90 Å². The van der Waals surface area contributed by atoms with Crippen molar-refractivity contribution in [3.8, 4) is 11.5 Å². The molecular weight excluding hydrogens is 394 g/mol. The fourth-order valence-electron chi connectivity index (χ4n) is 3.27. The summed E-state index contributed by atoms with van der Waals surface area (Å²) in [5, 5.41) is 13.4. The number of ether oxygens (including phenoxy) is 3. The molecular formula is C22H28F2N2O4. The van der Waals surface area contributed by atoms with Crippen LogP contribution in [0, 0.1) is 11.6 Å². The van der Waals surface area contributed by atoms with Crippen molar-refractivity contribution in [2.45, 2.75) is 19.2 Å². The summed E-state index contributed by atoms with van der Waals surface area (Å²) >= 11 is 0. The van der Waals surface area contributed by atoms with Crippen LogP contribution in [0.1, 0.15) is 11.1 Å². The average Bonchev–Trinajstić information content (AvgIpc) is 2.75. The molecule has 164 valence electrons. The van der Waals surface area contributed by atoms with Crippen molar-refractivity contribution in [3.05, 3.63) is 59.2 Å². The summed E-state index contributed by atoms with van der Waals surface area (Å²) in [6, 6.07) is 9.04. The van der Waals surface area contributed by atoms with Gasteiger partial charge in [0.15, 0.2) is 11.5 Å². The Kier molecular flexibility index (Phi) is 8.39. The molecule has 1 fully saturated rings. The zero-order chi connectivity index (χ0) is 21.3. The van der Waals surface area contributed by atoms with Crippen LogP contribution in [0.4, 0.5) is 8.78 Å². The number of hydrogen-bond acceptors (Lipinski definition) is 6. The molecule has 1 saturated heterocycles. The fourth-order valence-corrected chi connectivity index (χ4v) is 3.27. The number of β-amino-alcohol motifs (C(OH)–C–C–N with tert-alkyl or cyclic N) is 1. The van der Waals surface area contributed by atoms with Crippen LogP contribution in [-0.4, -0.2) is 62.7 Å². The average molecular weight is 422 g/mol. The smallest absolute Gasteiger partial charge is 0.161 e. The van der Waals surface area contributed by atoms with Crippen molar-refractivity contribution >= 4 is 0 Å². The van der Waals surface area contributed by atoms with Gasteiger partial charge in [-0.1, -0.05) is 12.1 Å². The molecule has 0 radical (unpaired) electrons. The standard InChI is InChI=1S/C22H28F2N2O4/c1-28-22-10-16(12-25-13-17-3-4-18(23)11-20(17)24)2-5-21(22)30-15-19(27)14-26-6-8-29-9-7-26/h2-5,10-11,19,25,27H,6-9,12-15H2,1H3/t19-/m0/s1. The minimum absolute atomic E-state index is 0.162. The van der Waals surface area contributed by atoms with Crippen molar-refractivity contribution in [2.24, 2.45) is 0 Å². The molecule has 0 saturated carbocycles. The Bertz CT molecular complexity index is 816. The number of aliphatic hydroxyl groups excluding tert-OH is 1. The Morgan fingerprint density at radius 2 is 1.90 bits per heavy atom. The Hall–Kier alpha value is -2.26. The molecule has 1 heterocycles. The van der Waals surface area contributed by atoms with Gasteiger partial charge in [0.1, 0.15) is 24.3 Å². The van der Waals surface area contributed by atoms with Gasteiger partial charge in [0.25, 0.3) is 0 Å². The SMILES string of the molecule is COc1cc(CNCc2ccc(F)cc2F)ccc1OC[C@@H](O)CN1CCOCC1. The van der Waals surface area contributed by atoms with Crippen molar-refractivity contribution in [1.29, 1.82) is 0 Å². The summed E-state index contributed by atoms with van der Waals surface area (Å²) < 4.78 is 43.1. The maximum atomic E-state index is 13.7. The van der Waals surface area contributed by atoms with E-state index in [9.17, 15) is 13.9 Å². The number of halogens is 2. The lowest BCUT2D eigenvalue weighted by Crippen LogP contribution is -2.42. The summed E-state index contributed by atoms with van der Waals surface area (Å²) in [6.07, 6.45) is -0.611. The summed E-state index contributed by atoms with van der Waals surface area (Å²) in [5.74, 6) is -0.0567. The second-order valence-corrected chi connectivity index (χ2v) is 7.20. The third-order valence-electron chi connectivity index (χ3n) is 4.89. The molecule has 2 aromatic rings. The largest absolute Gasteiger partial charge is 0.493 e. The van der Waals surface area contributed by atoms with E-state index in [1.165, 1.54) is 12.1 Å². The van der Waals surface area contributed by atoms with Gasteiger partial charge in [-0.05, 0) is 23.8 Å². The highest BCUT2D eigenvalue weighted by Crippen LogP contribution is 2.28. The van der Waals surface area contributed by atoms with E-state index in [-0.39, 0.29) is 13.2 Å². The third-order valence-corrected chi connectivity index (χ3v) is 4.89. The zero-order valence-electron chi connectivity index (χ0n) is 17.1. The van der Waals surface area contributed by atoms with Crippen LogP contribution in [0.15, 0.2) is 36.4 Å². The number of morpholine rings is 1. The molecule has 8 heteroatoms. The highest BCUT2D eigenvalue weighted by atomic mass is 19.1. The van der Waals surface area contributed by atoms with Crippen molar-refractivity contribution < 1.29 is 28.1 Å². The van der Waals surface area contributed by atoms with Crippen LogP contribution in [0.2, 0.25) is 0 Å². The molecule has 2 aromatic carbocycles. The first-order valence-corrected chi connectivity index (χ1v) is 9.97. The van der Waals surface area contributed by atoms with Crippen LogP contribution in [0.3, 0.4) is 0 Å². The molecule has 0 aromatic heterocycles. The Labute approximate surface area is 175 Å². The second kappa shape index (κ2) is 11.2. The van der Waals surface area contributed by atoms with E-state index in [4.69, 9.17) is 14.2 Å². The monoisotopic (exact) mass is 422 g/mol. The van der Waals surface area contributed by atoms with Crippen molar-refractivity contribution in [1.82, 2.24) is 10.2 Å². The minimum Gasteiger partial charge on any atom is -0.493 e. The predicted octanol–water partition coefficient (Wildman–Crippen LogP) is 2.34. The zero-order valence-corrected chi connectivity index (χ0v) is 17.1. The van der Waals surface area contributed by atoms with E-state index in [0.717, 1.165) is 24.7 Å². The van der Waals surface area contributed by atoms with Gasteiger partial charge in [0.2, 0.25) is 0 Å². The van der Waals surface area contributed by atoms with Gasteiger partial charge >= 0.3 is 0 Å². The van der Waals surface area contributed by atoms with Crippen molar-refractivity contribution in [3.63, 3.8) is 0 Å². The van der Waals surface area contributed by atoms with Gasteiger partial charge in [-0.2, -0.15) is 0 Å². The minimum atomic E-state index is -0.611. The Balaban J connectivity index is 1.48. The van der Waals surface area contributed by atoms with E-state index in [1.54, 1.807) is 13.2 Å². The molecule has 1 aliphatic heterocycles. The molecule has 0 spiro atoms. The van der Waals surface area contributed by atoms with Crippen LogP contribution in [0.5, 0.6) is 11.5 Å². The molecule has 1 aliphatic rings. The number of hydrogen-bond donors (Lipinski definition) is 2. The normalized spacial score (nSPS) is 15.7. The van der Waals surface area contributed by atoms with Crippen molar-refractivity contribution in [2.75, 3.05) is 46.6 Å². The Morgan fingerprint density at radius 3 is 2.63 bits per heavy atom. The molecule has 30 heavy (non-hydrogen) atoms. The summed E-state index contributed by atoms with van der Waals surface area (Å²) in [6.45, 7) is 4.44. The van der Waals surface area contributed by atoms with Gasteiger partial charge in [-0.25, -0.2) is 8.78 Å². The van der Waals surface area contributed by atoms with Crippen LogP contribution in [0.25, 0.3) is 0 Å².